The van der Waals surface area contributed by atoms with Gasteiger partial charge in [-0.05, 0) is 31.5 Å². The molecule has 1 aromatic carbocycles. The monoisotopic (exact) mass is 290 g/mol. The van der Waals surface area contributed by atoms with Crippen LogP contribution in [0.25, 0.3) is 0 Å². The van der Waals surface area contributed by atoms with E-state index in [1.807, 2.05) is 35.2 Å². The number of likely N-dealkylation sites (tertiary alicyclic amines) is 1. The number of likely N-dealkylation sites (N-methyl/N-ethyl adjacent to an activating group) is 1. The van der Waals surface area contributed by atoms with E-state index in [9.17, 15) is 9.59 Å². The number of carbonyl (C=O) groups is 2. The van der Waals surface area contributed by atoms with E-state index in [0.717, 1.165) is 25.1 Å². The van der Waals surface area contributed by atoms with Crippen molar-refractivity contribution in [3.05, 3.63) is 30.3 Å². The molecule has 1 unspecified atom stereocenters. The van der Waals surface area contributed by atoms with E-state index in [2.05, 4.69) is 0 Å². The highest BCUT2D eigenvalue weighted by atomic mass is 16.5. The summed E-state index contributed by atoms with van der Waals surface area (Å²) < 4.78 is 4.80. The number of para-hydroxylation sites is 1. The molecule has 5 nitrogen and oxygen atoms in total. The van der Waals surface area contributed by atoms with E-state index in [1.165, 1.54) is 7.11 Å². The first-order chi connectivity index (χ1) is 10.1. The number of ether oxygens (including phenoxy) is 1. The summed E-state index contributed by atoms with van der Waals surface area (Å²) in [7, 11) is 3.19. The highest BCUT2D eigenvalue weighted by Gasteiger charge is 2.28. The number of rotatable bonds is 4. The Bertz CT molecular complexity index is 490. The minimum absolute atomic E-state index is 0.0340. The molecule has 0 aliphatic carbocycles. The molecule has 2 rings (SSSR count). The number of methoxy groups -OCH3 is 1. The van der Waals surface area contributed by atoms with Gasteiger partial charge in [0, 0.05) is 19.3 Å². The summed E-state index contributed by atoms with van der Waals surface area (Å²) in [5.74, 6) is -0.256. The number of anilines is 1. The lowest BCUT2D eigenvalue weighted by Crippen LogP contribution is -2.45. The molecule has 1 aliphatic heterocycles. The summed E-state index contributed by atoms with van der Waals surface area (Å²) in [6.45, 7) is 1.78. The van der Waals surface area contributed by atoms with Gasteiger partial charge in [0.25, 0.3) is 0 Å². The van der Waals surface area contributed by atoms with Gasteiger partial charge in [0.2, 0.25) is 5.91 Å². The fourth-order valence-corrected chi connectivity index (χ4v) is 2.65. The predicted octanol–water partition coefficient (Wildman–Crippen LogP) is 1.53. The molecule has 1 amide bonds. The van der Waals surface area contributed by atoms with Crippen LogP contribution < -0.4 is 4.90 Å². The van der Waals surface area contributed by atoms with Gasteiger partial charge in [0.05, 0.1) is 19.6 Å². The minimum atomic E-state index is -0.177. The Morgan fingerprint density at radius 1 is 1.33 bits per heavy atom. The molecule has 0 aromatic heterocycles. The molecule has 5 heteroatoms. The molecular weight excluding hydrogens is 268 g/mol. The van der Waals surface area contributed by atoms with Crippen LogP contribution in [0.2, 0.25) is 0 Å². The molecule has 0 radical (unpaired) electrons. The molecule has 1 atom stereocenters. The fourth-order valence-electron chi connectivity index (χ4n) is 2.65. The standard InChI is InChI=1S/C16H22N2O3/c1-17(14-8-4-3-5-9-14)15(19)12-18-10-6-7-13(11-18)16(20)21-2/h3-5,8-9,13H,6-7,10-12H2,1-2H3. The van der Waals surface area contributed by atoms with Crippen molar-refractivity contribution in [1.82, 2.24) is 4.90 Å². The molecule has 0 spiro atoms. The third kappa shape index (κ3) is 4.04. The predicted molar refractivity (Wildman–Crippen MR) is 81.0 cm³/mol. The highest BCUT2D eigenvalue weighted by molar-refractivity contribution is 5.94. The van der Waals surface area contributed by atoms with Gasteiger partial charge in [-0.1, -0.05) is 18.2 Å². The van der Waals surface area contributed by atoms with Gasteiger partial charge >= 0.3 is 5.97 Å². The zero-order valence-electron chi connectivity index (χ0n) is 12.6. The lowest BCUT2D eigenvalue weighted by atomic mass is 9.98. The summed E-state index contributed by atoms with van der Waals surface area (Å²) in [5.41, 5.74) is 0.879. The molecule has 1 aliphatic rings. The first-order valence-corrected chi connectivity index (χ1v) is 7.23. The maximum atomic E-state index is 12.3. The number of piperidine rings is 1. The number of esters is 1. The smallest absolute Gasteiger partial charge is 0.309 e. The highest BCUT2D eigenvalue weighted by Crippen LogP contribution is 2.18. The van der Waals surface area contributed by atoms with E-state index in [4.69, 9.17) is 4.74 Å². The van der Waals surface area contributed by atoms with Crippen molar-refractivity contribution >= 4 is 17.6 Å². The van der Waals surface area contributed by atoms with Crippen LogP contribution >= 0.6 is 0 Å². The molecule has 1 fully saturated rings. The second kappa shape index (κ2) is 7.22. The summed E-state index contributed by atoms with van der Waals surface area (Å²) in [6.07, 6.45) is 1.76. The first kappa shape index (κ1) is 15.5. The number of hydrogen-bond donors (Lipinski definition) is 0. The van der Waals surface area contributed by atoms with Crippen LogP contribution in [0, 0.1) is 5.92 Å². The average Bonchev–Trinajstić information content (AvgIpc) is 2.54. The maximum Gasteiger partial charge on any atom is 0.309 e. The Morgan fingerprint density at radius 3 is 2.71 bits per heavy atom. The topological polar surface area (TPSA) is 49.9 Å². The van der Waals surface area contributed by atoms with Gasteiger partial charge < -0.3 is 9.64 Å². The van der Waals surface area contributed by atoms with Gasteiger partial charge in [-0.25, -0.2) is 0 Å². The van der Waals surface area contributed by atoms with Crippen LogP contribution in [-0.4, -0.2) is 50.6 Å². The van der Waals surface area contributed by atoms with Gasteiger partial charge in [-0.3, -0.25) is 14.5 Å². The van der Waals surface area contributed by atoms with Crippen molar-refractivity contribution < 1.29 is 14.3 Å². The lowest BCUT2D eigenvalue weighted by molar-refractivity contribution is -0.147. The Morgan fingerprint density at radius 2 is 2.05 bits per heavy atom. The quantitative estimate of drug-likeness (QED) is 0.789. The van der Waals surface area contributed by atoms with E-state index in [1.54, 1.807) is 11.9 Å². The van der Waals surface area contributed by atoms with E-state index < -0.39 is 0 Å². The number of amides is 1. The molecule has 114 valence electrons. The zero-order valence-corrected chi connectivity index (χ0v) is 12.6. The molecule has 1 saturated heterocycles. The Labute approximate surface area is 125 Å². The van der Waals surface area contributed by atoms with Crippen LogP contribution in [0.15, 0.2) is 30.3 Å². The molecule has 1 heterocycles. The molecule has 0 N–H and O–H groups in total. The van der Waals surface area contributed by atoms with Crippen molar-refractivity contribution in [2.24, 2.45) is 5.92 Å². The van der Waals surface area contributed by atoms with Crippen LogP contribution in [0.3, 0.4) is 0 Å². The second-order valence-corrected chi connectivity index (χ2v) is 5.39. The van der Waals surface area contributed by atoms with Crippen molar-refractivity contribution in [3.8, 4) is 0 Å². The molecular formula is C16H22N2O3. The van der Waals surface area contributed by atoms with Crippen molar-refractivity contribution in [1.29, 1.82) is 0 Å². The molecule has 0 bridgehead atoms. The summed E-state index contributed by atoms with van der Waals surface area (Å²) in [5, 5.41) is 0. The van der Waals surface area contributed by atoms with Crippen LogP contribution in [0.5, 0.6) is 0 Å². The maximum absolute atomic E-state index is 12.3. The second-order valence-electron chi connectivity index (χ2n) is 5.39. The van der Waals surface area contributed by atoms with Crippen molar-refractivity contribution in [3.63, 3.8) is 0 Å². The SMILES string of the molecule is COC(=O)C1CCCN(CC(=O)N(C)c2ccccc2)C1. The van der Waals surface area contributed by atoms with E-state index in [-0.39, 0.29) is 17.8 Å². The number of nitrogens with zero attached hydrogens (tertiary/aromatic N) is 2. The fraction of sp³-hybridized carbons (Fsp3) is 0.500. The number of hydrogen-bond acceptors (Lipinski definition) is 4. The van der Waals surface area contributed by atoms with Gasteiger partial charge in [-0.2, -0.15) is 0 Å². The zero-order chi connectivity index (χ0) is 15.2. The van der Waals surface area contributed by atoms with Crippen LogP contribution in [0.1, 0.15) is 12.8 Å². The lowest BCUT2D eigenvalue weighted by Gasteiger charge is -2.31. The largest absolute Gasteiger partial charge is 0.469 e. The Balaban J connectivity index is 1.91. The Hall–Kier alpha value is -1.88. The van der Waals surface area contributed by atoms with Crippen molar-refractivity contribution in [2.75, 3.05) is 38.7 Å². The number of benzene rings is 1. The first-order valence-electron chi connectivity index (χ1n) is 7.23. The summed E-state index contributed by atoms with van der Waals surface area (Å²) in [6, 6.07) is 9.56. The van der Waals surface area contributed by atoms with E-state index >= 15 is 0 Å². The third-order valence-corrected chi connectivity index (χ3v) is 3.92. The van der Waals surface area contributed by atoms with Gasteiger partial charge in [-0.15, -0.1) is 0 Å². The van der Waals surface area contributed by atoms with E-state index in [0.29, 0.717) is 13.1 Å². The molecule has 1 aromatic rings. The average molecular weight is 290 g/mol. The molecule has 21 heavy (non-hydrogen) atoms. The summed E-state index contributed by atoms with van der Waals surface area (Å²) in [4.78, 5) is 27.6. The third-order valence-electron chi connectivity index (χ3n) is 3.92. The van der Waals surface area contributed by atoms with Crippen molar-refractivity contribution in [2.45, 2.75) is 12.8 Å². The Kier molecular flexibility index (Phi) is 5.33. The van der Waals surface area contributed by atoms with Gasteiger partial charge in [0.1, 0.15) is 0 Å². The minimum Gasteiger partial charge on any atom is -0.469 e. The normalized spacial score (nSPS) is 19.0. The van der Waals surface area contributed by atoms with Gasteiger partial charge in [0.15, 0.2) is 0 Å². The number of carbonyl (C=O) groups excluding carboxylic acids is 2. The van der Waals surface area contributed by atoms with Crippen LogP contribution in [-0.2, 0) is 14.3 Å². The van der Waals surface area contributed by atoms with Crippen LogP contribution in [0.4, 0.5) is 5.69 Å². The molecule has 0 saturated carbocycles. The summed E-state index contributed by atoms with van der Waals surface area (Å²) >= 11 is 0.